The first-order valence-corrected chi connectivity index (χ1v) is 13.7. The molecule has 0 radical (unpaired) electrons. The van der Waals surface area contributed by atoms with Crippen LogP contribution in [0.3, 0.4) is 0 Å². The van der Waals surface area contributed by atoms with Crippen molar-refractivity contribution in [1.29, 1.82) is 5.26 Å². The predicted molar refractivity (Wildman–Crippen MR) is 156 cm³/mol. The number of carbonyl (C=O) groups excluding carboxylic acids is 2. The van der Waals surface area contributed by atoms with Gasteiger partial charge in [0, 0.05) is 33.2 Å². The van der Waals surface area contributed by atoms with E-state index in [0.29, 0.717) is 24.5 Å². The fourth-order valence-corrected chi connectivity index (χ4v) is 5.39. The summed E-state index contributed by atoms with van der Waals surface area (Å²) in [5, 5.41) is 13.1. The first kappa shape index (κ1) is 33.7. The summed E-state index contributed by atoms with van der Waals surface area (Å²) in [5.41, 5.74) is 7.00. The number of hydrogen-bond donors (Lipinski definition) is 2. The summed E-state index contributed by atoms with van der Waals surface area (Å²) in [5.74, 6) is -0.224. The van der Waals surface area contributed by atoms with E-state index >= 15 is 0 Å². The minimum atomic E-state index is -0.268. The van der Waals surface area contributed by atoms with Crippen molar-refractivity contribution in [1.82, 2.24) is 9.80 Å². The second kappa shape index (κ2) is 18.9. The van der Waals surface area contributed by atoms with Crippen LogP contribution in [0.1, 0.15) is 67.8 Å². The molecule has 1 unspecified atom stereocenters. The molecule has 0 spiro atoms. The molecule has 36 heavy (non-hydrogen) atoms. The predicted octanol–water partition coefficient (Wildman–Crippen LogP) is 5.29. The van der Waals surface area contributed by atoms with Crippen molar-refractivity contribution in [3.8, 4) is 6.07 Å². The second-order valence-corrected chi connectivity index (χ2v) is 9.16. The zero-order valence-electron chi connectivity index (χ0n) is 22.1. The molecule has 7 nitrogen and oxygen atoms in total. The smallest absolute Gasteiger partial charge is 0.241 e. The molecule has 204 valence electrons. The molecular weight excluding hydrogens is 470 g/mol. The lowest BCUT2D eigenvalue weighted by Gasteiger charge is -2.15. The van der Waals surface area contributed by atoms with Crippen LogP contribution in [0.15, 0.2) is 34.9 Å². The van der Waals surface area contributed by atoms with Gasteiger partial charge in [-0.2, -0.15) is 5.26 Å². The van der Waals surface area contributed by atoms with E-state index in [0.717, 1.165) is 18.7 Å². The Morgan fingerprint density at radius 1 is 1.19 bits per heavy atom. The van der Waals surface area contributed by atoms with Gasteiger partial charge in [-0.05, 0) is 70.4 Å². The average molecular weight is 520 g/mol. The van der Waals surface area contributed by atoms with Gasteiger partial charge < -0.3 is 20.9 Å². The van der Waals surface area contributed by atoms with Crippen LogP contribution in [-0.2, 0) is 16.0 Å². The number of likely N-dealkylation sites (tertiary alicyclic amines) is 1. The Hall–Kier alpha value is -2.34. The SMILES string of the molecule is C.CC.CCC(=O)/C(C#N)=C1\SC(CCNc2ccc(CCN3CCCC3)cc2)C(=O)N1CC.CN.[HH]. The maximum absolute atomic E-state index is 12.8. The van der Waals surface area contributed by atoms with E-state index in [-0.39, 0.29) is 37.8 Å². The summed E-state index contributed by atoms with van der Waals surface area (Å²) in [7, 11) is 1.50. The van der Waals surface area contributed by atoms with Crippen LogP contribution >= 0.6 is 11.8 Å². The Morgan fingerprint density at radius 2 is 1.81 bits per heavy atom. The third-order valence-electron chi connectivity index (χ3n) is 5.89. The third-order valence-corrected chi connectivity index (χ3v) is 7.26. The third kappa shape index (κ3) is 9.61. The first-order chi connectivity index (χ1) is 17.1. The van der Waals surface area contributed by atoms with E-state index in [9.17, 15) is 14.9 Å². The van der Waals surface area contributed by atoms with Crippen LogP contribution in [0.4, 0.5) is 5.69 Å². The Morgan fingerprint density at radius 3 is 2.33 bits per heavy atom. The minimum absolute atomic E-state index is 0. The highest BCUT2D eigenvalue weighted by Gasteiger charge is 2.38. The molecule has 2 aliphatic heterocycles. The number of nitriles is 1. The van der Waals surface area contributed by atoms with E-state index in [1.165, 1.54) is 50.3 Å². The molecule has 1 aromatic carbocycles. The van der Waals surface area contributed by atoms with Gasteiger partial charge in [0.1, 0.15) is 11.6 Å². The lowest BCUT2D eigenvalue weighted by Crippen LogP contribution is -2.30. The van der Waals surface area contributed by atoms with E-state index in [4.69, 9.17) is 0 Å². The lowest BCUT2D eigenvalue weighted by molar-refractivity contribution is -0.127. The molecule has 0 aromatic heterocycles. The number of anilines is 1. The number of Topliss-reactive ketones (excluding diaryl/α,β-unsaturated/α-hetero) is 1. The number of ketones is 1. The zero-order chi connectivity index (χ0) is 26.2. The van der Waals surface area contributed by atoms with Crippen molar-refractivity contribution in [2.75, 3.05) is 45.1 Å². The number of amides is 1. The van der Waals surface area contributed by atoms with Gasteiger partial charge in [0.25, 0.3) is 0 Å². The number of nitrogens with two attached hydrogens (primary N) is 1. The molecule has 3 rings (SSSR count). The maximum atomic E-state index is 12.8. The molecule has 2 heterocycles. The van der Waals surface area contributed by atoms with Crippen LogP contribution in [0.5, 0.6) is 0 Å². The molecule has 8 heteroatoms. The van der Waals surface area contributed by atoms with Gasteiger partial charge >= 0.3 is 0 Å². The van der Waals surface area contributed by atoms with Gasteiger partial charge in [-0.1, -0.05) is 52.1 Å². The summed E-state index contributed by atoms with van der Waals surface area (Å²) in [6.45, 7) is 12.3. The number of nitrogens with zero attached hydrogens (tertiary/aromatic N) is 3. The summed E-state index contributed by atoms with van der Waals surface area (Å²) in [6.07, 6.45) is 4.63. The summed E-state index contributed by atoms with van der Waals surface area (Å²) < 4.78 is 0. The number of thioether (sulfide) groups is 1. The Bertz CT molecular complexity index is 864. The topological polar surface area (TPSA) is 102 Å². The van der Waals surface area contributed by atoms with Gasteiger partial charge in [-0.25, -0.2) is 0 Å². The van der Waals surface area contributed by atoms with Crippen molar-refractivity contribution in [2.24, 2.45) is 5.73 Å². The molecule has 2 aliphatic rings. The normalized spacial score (nSPS) is 18.2. The average Bonchev–Trinajstić information content (AvgIpc) is 3.54. The summed E-state index contributed by atoms with van der Waals surface area (Å²) in [4.78, 5) is 29.0. The van der Waals surface area contributed by atoms with E-state index < -0.39 is 0 Å². The molecule has 2 fully saturated rings. The van der Waals surface area contributed by atoms with Crippen LogP contribution in [0, 0.1) is 11.3 Å². The van der Waals surface area contributed by atoms with Crippen LogP contribution in [0.2, 0.25) is 0 Å². The Balaban J connectivity index is 0. The molecule has 0 saturated carbocycles. The van der Waals surface area contributed by atoms with E-state index in [2.05, 4.69) is 40.2 Å². The quantitative estimate of drug-likeness (QED) is 0.320. The van der Waals surface area contributed by atoms with Gasteiger partial charge in [0.2, 0.25) is 5.91 Å². The number of benzene rings is 1. The van der Waals surface area contributed by atoms with Gasteiger partial charge in [0.05, 0.1) is 10.3 Å². The Kier molecular flexibility index (Phi) is 17.6. The molecule has 3 N–H and O–H groups in total. The number of nitrogens with one attached hydrogen (secondary N) is 1. The molecule has 0 bridgehead atoms. The molecule has 1 atom stereocenters. The number of rotatable bonds is 10. The fourth-order valence-electron chi connectivity index (χ4n) is 4.03. The zero-order valence-corrected chi connectivity index (χ0v) is 22.9. The summed E-state index contributed by atoms with van der Waals surface area (Å²) in [6, 6.07) is 10.5. The number of allylic oxidation sites excluding steroid dienone is 1. The number of hydrogen-bond acceptors (Lipinski definition) is 7. The first-order valence-electron chi connectivity index (χ1n) is 12.9. The summed E-state index contributed by atoms with van der Waals surface area (Å²) >= 11 is 1.35. The molecule has 1 aromatic rings. The van der Waals surface area contributed by atoms with Crippen molar-refractivity contribution >= 4 is 29.1 Å². The molecule has 0 aliphatic carbocycles. The van der Waals surface area contributed by atoms with Crippen LogP contribution in [0.25, 0.3) is 0 Å². The van der Waals surface area contributed by atoms with Crippen LogP contribution in [-0.4, -0.2) is 66.5 Å². The van der Waals surface area contributed by atoms with Crippen molar-refractivity contribution in [3.05, 3.63) is 40.4 Å². The monoisotopic (exact) mass is 519 g/mol. The standard InChI is InChI=1S/C24H32N4O2S.C2H6.CH5N.CH4.H2/c1-3-21(29)20(17-25)24-28(4-2)23(30)22(31-24)11-13-26-19-9-7-18(8-10-19)12-16-27-14-5-6-15-27;2*1-2;;/h7-10,22,26H,3-6,11-16H2,1-2H3;1-2H3;2H2,1H3;1H4;1H/b24-20-;;;;. The highest BCUT2D eigenvalue weighted by Crippen LogP contribution is 2.39. The van der Waals surface area contributed by atoms with Crippen molar-refractivity contribution in [2.45, 2.75) is 72.5 Å². The van der Waals surface area contributed by atoms with E-state index in [1.54, 1.807) is 11.8 Å². The fraction of sp³-hybridized carbons (Fsp3) is 0.607. The van der Waals surface area contributed by atoms with Gasteiger partial charge in [-0.3, -0.25) is 9.59 Å². The molecular formula is C28H49N5O2S. The number of carbonyl (C=O) groups is 2. The maximum Gasteiger partial charge on any atom is 0.241 e. The van der Waals surface area contributed by atoms with Gasteiger partial charge in [-0.15, -0.1) is 0 Å². The highest BCUT2D eigenvalue weighted by molar-refractivity contribution is 8.04. The second-order valence-electron chi connectivity index (χ2n) is 7.97. The van der Waals surface area contributed by atoms with Crippen molar-refractivity contribution < 1.29 is 11.0 Å². The Labute approximate surface area is 225 Å². The van der Waals surface area contributed by atoms with Crippen LogP contribution < -0.4 is 11.1 Å². The van der Waals surface area contributed by atoms with Crippen molar-refractivity contribution in [3.63, 3.8) is 0 Å². The van der Waals surface area contributed by atoms with E-state index in [1.807, 2.05) is 26.8 Å². The highest BCUT2D eigenvalue weighted by atomic mass is 32.2. The lowest BCUT2D eigenvalue weighted by atomic mass is 10.1. The minimum Gasteiger partial charge on any atom is -0.385 e. The largest absolute Gasteiger partial charge is 0.385 e. The van der Waals surface area contributed by atoms with Gasteiger partial charge in [0.15, 0.2) is 5.78 Å². The molecule has 1 amide bonds. The molecule has 2 saturated heterocycles.